The van der Waals surface area contributed by atoms with E-state index in [0.717, 1.165) is 54.8 Å². The number of piperazine rings is 1. The van der Waals surface area contributed by atoms with Crippen LogP contribution in [-0.2, 0) is 6.42 Å². The van der Waals surface area contributed by atoms with Gasteiger partial charge >= 0.3 is 0 Å². The van der Waals surface area contributed by atoms with Crippen molar-refractivity contribution in [3.05, 3.63) is 101 Å². The van der Waals surface area contributed by atoms with Gasteiger partial charge in [0.25, 0.3) is 0 Å². The average Bonchev–Trinajstić information content (AvgIpc) is 3.16. The standard InChI is InChI=1S/C29H28N4OS/c1-20-16-25-28(31-26-12-5-6-13-27(26)32-29(25)35-20)33-15-14-30-22(19-33)17-21-8-7-11-24(18-21)34-23-9-3-2-4-10-23/h2-13,16,18,22,30,32H,14-15,17,19H2,1H3/t22-/m0/s1. The van der Waals surface area contributed by atoms with E-state index in [9.17, 15) is 0 Å². The normalized spacial score (nSPS) is 17.0. The van der Waals surface area contributed by atoms with Crippen LogP contribution in [0.1, 0.15) is 16.0 Å². The van der Waals surface area contributed by atoms with Gasteiger partial charge in [0, 0.05) is 30.6 Å². The molecule has 0 amide bonds. The van der Waals surface area contributed by atoms with Crippen molar-refractivity contribution in [1.29, 1.82) is 0 Å². The number of fused-ring (bicyclic) bond motifs is 2. The van der Waals surface area contributed by atoms with Crippen LogP contribution in [0.15, 0.2) is 89.9 Å². The summed E-state index contributed by atoms with van der Waals surface area (Å²) in [6.45, 7) is 4.93. The van der Waals surface area contributed by atoms with Crippen LogP contribution in [0.4, 0.5) is 16.4 Å². The molecule has 2 N–H and O–H groups in total. The molecule has 0 bridgehead atoms. The number of amidine groups is 1. The minimum Gasteiger partial charge on any atom is -0.457 e. The van der Waals surface area contributed by atoms with Crippen molar-refractivity contribution in [2.75, 3.05) is 25.0 Å². The van der Waals surface area contributed by atoms with E-state index in [1.54, 1.807) is 11.3 Å². The molecule has 2 aliphatic heterocycles. The van der Waals surface area contributed by atoms with Gasteiger partial charge in [-0.15, -0.1) is 11.3 Å². The zero-order chi connectivity index (χ0) is 23.6. The molecule has 2 aliphatic rings. The van der Waals surface area contributed by atoms with Gasteiger partial charge in [-0.3, -0.25) is 0 Å². The highest BCUT2D eigenvalue weighted by Crippen LogP contribution is 2.39. The number of ether oxygens (including phenoxy) is 1. The second-order valence-electron chi connectivity index (χ2n) is 9.04. The fourth-order valence-electron chi connectivity index (χ4n) is 4.79. The fourth-order valence-corrected chi connectivity index (χ4v) is 5.71. The fraction of sp³-hybridized carbons (Fsp3) is 0.207. The van der Waals surface area contributed by atoms with Gasteiger partial charge in [0.15, 0.2) is 0 Å². The number of thiophene rings is 1. The molecule has 176 valence electrons. The maximum absolute atomic E-state index is 6.06. The van der Waals surface area contributed by atoms with Gasteiger partial charge in [-0.2, -0.15) is 0 Å². The first-order valence-electron chi connectivity index (χ1n) is 12.1. The van der Waals surface area contributed by atoms with E-state index in [2.05, 4.69) is 71.0 Å². The molecular formula is C29H28N4OS. The van der Waals surface area contributed by atoms with Crippen LogP contribution in [-0.4, -0.2) is 36.4 Å². The van der Waals surface area contributed by atoms with E-state index in [-0.39, 0.29) is 0 Å². The van der Waals surface area contributed by atoms with Gasteiger partial charge in [0.1, 0.15) is 22.3 Å². The third-order valence-corrected chi connectivity index (χ3v) is 7.36. The lowest BCUT2D eigenvalue weighted by molar-refractivity contribution is 0.290. The third-order valence-electron chi connectivity index (χ3n) is 6.39. The molecule has 6 heteroatoms. The van der Waals surface area contributed by atoms with Crippen LogP contribution in [0, 0.1) is 6.92 Å². The summed E-state index contributed by atoms with van der Waals surface area (Å²) in [6.07, 6.45) is 0.931. The Bertz CT molecular complexity index is 1360. The number of nitrogens with zero attached hydrogens (tertiary/aromatic N) is 2. The van der Waals surface area contributed by atoms with Crippen molar-refractivity contribution in [1.82, 2.24) is 10.2 Å². The minimum atomic E-state index is 0.327. The van der Waals surface area contributed by atoms with Gasteiger partial charge in [0.05, 0.1) is 16.9 Å². The Labute approximate surface area is 210 Å². The minimum absolute atomic E-state index is 0.327. The van der Waals surface area contributed by atoms with Crippen LogP contribution in [0.5, 0.6) is 11.5 Å². The zero-order valence-electron chi connectivity index (χ0n) is 19.7. The number of rotatable bonds is 4. The van der Waals surface area contributed by atoms with Crippen LogP contribution < -0.4 is 15.4 Å². The monoisotopic (exact) mass is 480 g/mol. The Morgan fingerprint density at radius 1 is 0.971 bits per heavy atom. The van der Waals surface area contributed by atoms with Crippen molar-refractivity contribution in [2.24, 2.45) is 4.99 Å². The second-order valence-corrected chi connectivity index (χ2v) is 10.3. The maximum Gasteiger partial charge on any atom is 0.139 e. The Balaban J connectivity index is 1.23. The number of hydrogen-bond donors (Lipinski definition) is 2. The Hall–Kier alpha value is -3.61. The van der Waals surface area contributed by atoms with Crippen LogP contribution in [0.25, 0.3) is 0 Å². The molecule has 1 fully saturated rings. The predicted molar refractivity (Wildman–Crippen MR) is 145 cm³/mol. The summed E-state index contributed by atoms with van der Waals surface area (Å²) < 4.78 is 6.06. The van der Waals surface area contributed by atoms with E-state index in [0.29, 0.717) is 6.04 Å². The summed E-state index contributed by atoms with van der Waals surface area (Å²) >= 11 is 1.79. The average molecular weight is 481 g/mol. The molecular weight excluding hydrogens is 452 g/mol. The highest BCUT2D eigenvalue weighted by atomic mass is 32.1. The number of nitrogens with one attached hydrogen (secondary N) is 2. The summed E-state index contributed by atoms with van der Waals surface area (Å²) in [5.41, 5.74) is 4.51. The highest BCUT2D eigenvalue weighted by Gasteiger charge is 2.27. The van der Waals surface area contributed by atoms with Crippen LogP contribution in [0.2, 0.25) is 0 Å². The van der Waals surface area contributed by atoms with E-state index >= 15 is 0 Å². The number of anilines is 2. The van der Waals surface area contributed by atoms with Crippen molar-refractivity contribution >= 4 is 33.5 Å². The molecule has 4 aromatic rings. The molecule has 0 saturated carbocycles. The first-order chi connectivity index (χ1) is 17.2. The summed E-state index contributed by atoms with van der Waals surface area (Å²) in [5, 5.41) is 8.51. The quantitative estimate of drug-likeness (QED) is 0.350. The van der Waals surface area contributed by atoms with Gasteiger partial charge in [-0.25, -0.2) is 4.99 Å². The molecule has 5 nitrogen and oxygen atoms in total. The Kier molecular flexibility index (Phi) is 5.98. The molecule has 1 atom stereocenters. The van der Waals surface area contributed by atoms with Crippen molar-refractivity contribution in [3.63, 3.8) is 0 Å². The zero-order valence-corrected chi connectivity index (χ0v) is 20.5. The van der Waals surface area contributed by atoms with Crippen molar-refractivity contribution < 1.29 is 4.74 Å². The van der Waals surface area contributed by atoms with Crippen LogP contribution in [0.3, 0.4) is 0 Å². The van der Waals surface area contributed by atoms with Crippen LogP contribution >= 0.6 is 11.3 Å². The maximum atomic E-state index is 6.06. The number of aliphatic imine (C=N–C) groups is 1. The van der Waals surface area contributed by atoms with Gasteiger partial charge < -0.3 is 20.3 Å². The molecule has 0 aliphatic carbocycles. The second kappa shape index (κ2) is 9.56. The molecule has 3 aromatic carbocycles. The number of aryl methyl sites for hydroxylation is 1. The van der Waals surface area contributed by atoms with Crippen molar-refractivity contribution in [3.8, 4) is 11.5 Å². The molecule has 35 heavy (non-hydrogen) atoms. The van der Waals surface area contributed by atoms with Gasteiger partial charge in [0.2, 0.25) is 0 Å². The Morgan fingerprint density at radius 2 is 1.80 bits per heavy atom. The summed E-state index contributed by atoms with van der Waals surface area (Å²) in [5.74, 6) is 2.79. The molecule has 0 radical (unpaired) electrons. The molecule has 0 unspecified atom stereocenters. The molecule has 1 aromatic heterocycles. The lowest BCUT2D eigenvalue weighted by atomic mass is 10.0. The smallest absolute Gasteiger partial charge is 0.139 e. The number of para-hydroxylation sites is 3. The highest BCUT2D eigenvalue weighted by molar-refractivity contribution is 7.16. The number of hydrogen-bond acceptors (Lipinski definition) is 6. The largest absolute Gasteiger partial charge is 0.457 e. The molecule has 3 heterocycles. The van der Waals surface area contributed by atoms with Gasteiger partial charge in [-0.05, 0) is 61.4 Å². The lowest BCUT2D eigenvalue weighted by Crippen LogP contribution is -2.53. The number of benzene rings is 3. The predicted octanol–water partition coefficient (Wildman–Crippen LogP) is 6.50. The summed E-state index contributed by atoms with van der Waals surface area (Å²) in [7, 11) is 0. The van der Waals surface area contributed by atoms with E-state index in [1.807, 2.05) is 36.4 Å². The molecule has 6 rings (SSSR count). The summed E-state index contributed by atoms with van der Waals surface area (Å²) in [6, 6.07) is 29.3. The first-order valence-corrected chi connectivity index (χ1v) is 12.9. The SMILES string of the molecule is Cc1cc2c(s1)Nc1ccccc1N=C2N1CCN[C@@H](Cc2cccc(Oc3ccccc3)c2)C1. The van der Waals surface area contributed by atoms with Crippen molar-refractivity contribution in [2.45, 2.75) is 19.4 Å². The Morgan fingerprint density at radius 3 is 2.71 bits per heavy atom. The first kappa shape index (κ1) is 21.9. The molecule has 0 spiro atoms. The third kappa shape index (κ3) is 4.81. The van der Waals surface area contributed by atoms with E-state index in [4.69, 9.17) is 9.73 Å². The topological polar surface area (TPSA) is 48.9 Å². The van der Waals surface area contributed by atoms with E-state index < -0.39 is 0 Å². The van der Waals surface area contributed by atoms with Gasteiger partial charge in [-0.1, -0.05) is 42.5 Å². The summed E-state index contributed by atoms with van der Waals surface area (Å²) in [4.78, 5) is 8.89. The van der Waals surface area contributed by atoms with E-state index in [1.165, 1.54) is 21.0 Å². The lowest BCUT2D eigenvalue weighted by Gasteiger charge is -2.36. The molecule has 1 saturated heterocycles.